The molecular formula is C5H7F2NO. The van der Waals surface area contributed by atoms with E-state index < -0.39 is 12.0 Å². The van der Waals surface area contributed by atoms with Crippen LogP contribution in [0.4, 0.5) is 8.78 Å². The number of hydrogen-bond acceptors (Lipinski definition) is 2. The van der Waals surface area contributed by atoms with Crippen LogP contribution in [0.1, 0.15) is 13.3 Å². The Morgan fingerprint density at radius 1 is 1.78 bits per heavy atom. The van der Waals surface area contributed by atoms with Crippen LogP contribution < -0.4 is 0 Å². The van der Waals surface area contributed by atoms with Gasteiger partial charge in [-0.1, -0.05) is 6.92 Å². The minimum atomic E-state index is -3.84. The van der Waals surface area contributed by atoms with Crippen molar-refractivity contribution in [3.63, 3.8) is 0 Å². The molecule has 4 heteroatoms. The van der Waals surface area contributed by atoms with E-state index in [4.69, 9.17) is 10.4 Å². The highest BCUT2D eigenvalue weighted by atomic mass is 19.3. The predicted molar refractivity (Wildman–Crippen MR) is 26.6 cm³/mol. The summed E-state index contributed by atoms with van der Waals surface area (Å²) in [5.41, 5.74) is 0. The Kier molecular flexibility index (Phi) is 2.53. The summed E-state index contributed by atoms with van der Waals surface area (Å²) < 4.78 is 23.4. The topological polar surface area (TPSA) is 44.0 Å². The Hall–Kier alpha value is -0.690. The number of halogens is 2. The van der Waals surface area contributed by atoms with Crippen molar-refractivity contribution in [2.75, 3.05) is 0 Å². The largest absolute Gasteiger partial charge is 0.369 e. The predicted octanol–water partition coefficient (Wildman–Crippen LogP) is 1.12. The molecule has 0 aromatic rings. The molecule has 0 saturated heterocycles. The van der Waals surface area contributed by atoms with E-state index in [2.05, 4.69) is 0 Å². The fraction of sp³-hybridized carbons (Fsp3) is 0.800. The smallest absolute Gasteiger partial charge is 0.335 e. The van der Waals surface area contributed by atoms with Crippen LogP contribution >= 0.6 is 0 Å². The first-order valence-corrected chi connectivity index (χ1v) is 2.52. The first-order chi connectivity index (χ1) is 4.02. The van der Waals surface area contributed by atoms with Crippen LogP contribution in [0, 0.1) is 17.2 Å². The number of hydrogen-bond donors (Lipinski definition) is 1. The maximum atomic E-state index is 11.7. The number of aliphatic hydroxyl groups is 1. The van der Waals surface area contributed by atoms with Crippen molar-refractivity contribution in [3.8, 4) is 6.07 Å². The molecule has 0 aliphatic heterocycles. The summed E-state index contributed by atoms with van der Waals surface area (Å²) in [7, 11) is 0. The second kappa shape index (κ2) is 2.74. The van der Waals surface area contributed by atoms with Crippen LogP contribution in [0.5, 0.6) is 0 Å². The third-order valence-corrected chi connectivity index (χ3v) is 0.983. The van der Waals surface area contributed by atoms with E-state index in [-0.39, 0.29) is 6.42 Å². The zero-order valence-corrected chi connectivity index (χ0v) is 4.93. The molecule has 0 fully saturated rings. The van der Waals surface area contributed by atoms with Crippen LogP contribution in [0.2, 0.25) is 0 Å². The highest BCUT2D eigenvalue weighted by molar-refractivity contribution is 4.86. The Bertz CT molecular complexity index is 124. The van der Waals surface area contributed by atoms with E-state index in [0.29, 0.717) is 0 Å². The highest BCUT2D eigenvalue weighted by Gasteiger charge is 2.35. The van der Waals surface area contributed by atoms with Gasteiger partial charge in [-0.25, -0.2) is 0 Å². The molecule has 1 N–H and O–H groups in total. The summed E-state index contributed by atoms with van der Waals surface area (Å²) in [5.74, 6) is -1.57. The normalized spacial score (nSPS) is 14.6. The second-order valence-electron chi connectivity index (χ2n) is 1.68. The summed E-state index contributed by atoms with van der Waals surface area (Å²) in [6, 6.07) is 1.29. The summed E-state index contributed by atoms with van der Waals surface area (Å²) in [6.45, 7) is 1.41. The van der Waals surface area contributed by atoms with Crippen molar-refractivity contribution in [2.45, 2.75) is 19.5 Å². The fourth-order valence-electron chi connectivity index (χ4n) is 0.415. The van der Waals surface area contributed by atoms with Gasteiger partial charge in [0, 0.05) is 0 Å². The Morgan fingerprint density at radius 3 is 2.22 bits per heavy atom. The number of alkyl halides is 2. The zero-order chi connectivity index (χ0) is 7.49. The third-order valence-electron chi connectivity index (χ3n) is 0.983. The van der Waals surface area contributed by atoms with Gasteiger partial charge in [0.1, 0.15) is 5.92 Å². The molecule has 0 aromatic carbocycles. The molecule has 0 heterocycles. The lowest BCUT2D eigenvalue weighted by molar-refractivity contribution is -0.224. The van der Waals surface area contributed by atoms with E-state index in [1.165, 1.54) is 13.0 Å². The van der Waals surface area contributed by atoms with Crippen LogP contribution in [-0.2, 0) is 0 Å². The van der Waals surface area contributed by atoms with Crippen LogP contribution in [-0.4, -0.2) is 11.2 Å². The average Bonchev–Trinajstić information content (AvgIpc) is 1.65. The molecule has 1 atom stereocenters. The van der Waals surface area contributed by atoms with Crippen molar-refractivity contribution in [1.29, 1.82) is 5.26 Å². The molecule has 0 spiro atoms. The lowest BCUT2D eigenvalue weighted by Gasteiger charge is -2.11. The summed E-state index contributed by atoms with van der Waals surface area (Å²) in [5, 5.41) is 15.9. The maximum Gasteiger partial charge on any atom is 0.369 e. The van der Waals surface area contributed by atoms with Gasteiger partial charge in [0.05, 0.1) is 6.07 Å². The van der Waals surface area contributed by atoms with E-state index in [0.717, 1.165) is 0 Å². The minimum Gasteiger partial charge on any atom is -0.335 e. The summed E-state index contributed by atoms with van der Waals surface area (Å²) >= 11 is 0. The maximum absolute atomic E-state index is 11.7. The summed E-state index contributed by atoms with van der Waals surface area (Å²) in [6.07, 6.45) is -3.89. The van der Waals surface area contributed by atoms with Gasteiger partial charge in [-0.2, -0.15) is 14.0 Å². The quantitative estimate of drug-likeness (QED) is 0.616. The molecule has 1 unspecified atom stereocenters. The lowest BCUT2D eigenvalue weighted by atomic mass is 10.1. The number of nitrogens with zero attached hydrogens (tertiary/aromatic N) is 1. The molecule has 2 nitrogen and oxygen atoms in total. The van der Waals surface area contributed by atoms with Crippen molar-refractivity contribution < 1.29 is 13.9 Å². The van der Waals surface area contributed by atoms with Crippen molar-refractivity contribution in [2.24, 2.45) is 5.92 Å². The van der Waals surface area contributed by atoms with Gasteiger partial charge in [0.15, 0.2) is 0 Å². The Balaban J connectivity index is 4.00. The first kappa shape index (κ1) is 8.31. The van der Waals surface area contributed by atoms with Gasteiger partial charge in [0.25, 0.3) is 0 Å². The molecule has 0 aliphatic carbocycles. The minimum absolute atomic E-state index is 0.0417. The SMILES string of the molecule is CCC(C#N)C(O)(F)F. The molecule has 0 amide bonds. The molecule has 0 aliphatic rings. The Morgan fingerprint density at radius 2 is 2.22 bits per heavy atom. The number of rotatable bonds is 2. The lowest BCUT2D eigenvalue weighted by Crippen LogP contribution is -2.25. The average molecular weight is 135 g/mol. The molecule has 0 radical (unpaired) electrons. The molecule has 0 aromatic heterocycles. The Labute approximate surface area is 51.7 Å². The molecule has 0 bridgehead atoms. The van der Waals surface area contributed by atoms with E-state index >= 15 is 0 Å². The van der Waals surface area contributed by atoms with Crippen molar-refractivity contribution >= 4 is 0 Å². The van der Waals surface area contributed by atoms with Gasteiger partial charge in [-0.05, 0) is 6.42 Å². The molecule has 9 heavy (non-hydrogen) atoms. The van der Waals surface area contributed by atoms with Gasteiger partial charge in [0.2, 0.25) is 0 Å². The molecule has 52 valence electrons. The first-order valence-electron chi connectivity index (χ1n) is 2.52. The monoisotopic (exact) mass is 135 g/mol. The van der Waals surface area contributed by atoms with Gasteiger partial charge in [-0.15, -0.1) is 0 Å². The molecule has 0 rings (SSSR count). The molecular weight excluding hydrogens is 128 g/mol. The van der Waals surface area contributed by atoms with Crippen molar-refractivity contribution in [3.05, 3.63) is 0 Å². The molecule has 0 saturated carbocycles. The van der Waals surface area contributed by atoms with E-state index in [1.807, 2.05) is 0 Å². The van der Waals surface area contributed by atoms with Crippen LogP contribution in [0.25, 0.3) is 0 Å². The number of nitriles is 1. The van der Waals surface area contributed by atoms with Gasteiger partial charge >= 0.3 is 6.11 Å². The fourth-order valence-corrected chi connectivity index (χ4v) is 0.415. The van der Waals surface area contributed by atoms with E-state index in [9.17, 15) is 8.78 Å². The van der Waals surface area contributed by atoms with E-state index in [1.54, 1.807) is 0 Å². The summed E-state index contributed by atoms with van der Waals surface area (Å²) in [4.78, 5) is 0. The van der Waals surface area contributed by atoms with Crippen LogP contribution in [0.3, 0.4) is 0 Å². The van der Waals surface area contributed by atoms with Crippen molar-refractivity contribution in [1.82, 2.24) is 0 Å². The van der Waals surface area contributed by atoms with Gasteiger partial charge < -0.3 is 5.11 Å². The zero-order valence-electron chi connectivity index (χ0n) is 4.93. The standard InChI is InChI=1S/C5H7F2NO/c1-2-4(3-8)5(6,7)9/h4,9H,2H2,1H3. The van der Waals surface area contributed by atoms with Crippen LogP contribution in [0.15, 0.2) is 0 Å². The third kappa shape index (κ3) is 2.38. The van der Waals surface area contributed by atoms with Gasteiger partial charge in [-0.3, -0.25) is 0 Å². The highest BCUT2D eigenvalue weighted by Crippen LogP contribution is 2.22. The second-order valence-corrected chi connectivity index (χ2v) is 1.68.